The molecule has 0 saturated heterocycles. The molecule has 0 atom stereocenters. The maximum Gasteiger partial charge on any atom is 0.387 e. The molecular formula is C18H21ClF3NO. The van der Waals surface area contributed by atoms with Gasteiger partial charge in [0.25, 0.3) is 0 Å². The molecule has 0 aliphatic rings. The summed E-state index contributed by atoms with van der Waals surface area (Å²) in [6, 6.07) is 3.26. The number of nitrogens with one attached hydrogen (secondary N) is 1. The van der Waals surface area contributed by atoms with Gasteiger partial charge in [0.2, 0.25) is 0 Å². The topological polar surface area (TPSA) is 21.3 Å². The van der Waals surface area contributed by atoms with Crippen molar-refractivity contribution in [1.82, 2.24) is 0 Å². The molecule has 0 radical (unpaired) electrons. The molecule has 0 amide bonds. The molecule has 24 heavy (non-hydrogen) atoms. The lowest BCUT2D eigenvalue weighted by atomic mass is 10.1. The number of halogens is 4. The SMILES string of the molecule is CC\C=C(F)/C=C(\C=C\Cl)CNc1cc(C)c(OC(F)F)cc1C. The van der Waals surface area contributed by atoms with Crippen molar-refractivity contribution in [2.75, 3.05) is 11.9 Å². The highest BCUT2D eigenvalue weighted by Gasteiger charge is 2.10. The second-order valence-electron chi connectivity index (χ2n) is 5.17. The van der Waals surface area contributed by atoms with Crippen molar-refractivity contribution in [2.24, 2.45) is 0 Å². The Balaban J connectivity index is 2.92. The predicted molar refractivity (Wildman–Crippen MR) is 93.6 cm³/mol. The minimum Gasteiger partial charge on any atom is -0.435 e. The molecule has 0 aliphatic heterocycles. The lowest BCUT2D eigenvalue weighted by Crippen LogP contribution is -2.07. The van der Waals surface area contributed by atoms with Crippen LogP contribution in [0.15, 0.2) is 47.3 Å². The second kappa shape index (κ2) is 10.1. The van der Waals surface area contributed by atoms with Gasteiger partial charge in [-0.2, -0.15) is 8.78 Å². The number of benzene rings is 1. The van der Waals surface area contributed by atoms with Crippen LogP contribution in [0.1, 0.15) is 24.5 Å². The Hall–Kier alpha value is -1.88. The number of allylic oxidation sites excluding steroid dienone is 3. The first-order valence-electron chi connectivity index (χ1n) is 7.50. The molecule has 0 aromatic heterocycles. The first-order valence-corrected chi connectivity index (χ1v) is 7.94. The normalized spacial score (nSPS) is 13.0. The summed E-state index contributed by atoms with van der Waals surface area (Å²) in [7, 11) is 0. The van der Waals surface area contributed by atoms with Gasteiger partial charge in [-0.1, -0.05) is 18.5 Å². The fraction of sp³-hybridized carbons (Fsp3) is 0.333. The van der Waals surface area contributed by atoms with E-state index >= 15 is 0 Å². The molecule has 1 rings (SSSR count). The average molecular weight is 360 g/mol. The van der Waals surface area contributed by atoms with Gasteiger partial charge in [0.05, 0.1) is 0 Å². The highest BCUT2D eigenvalue weighted by molar-refractivity contribution is 6.25. The largest absolute Gasteiger partial charge is 0.435 e. The zero-order valence-electron chi connectivity index (χ0n) is 13.9. The van der Waals surface area contributed by atoms with Gasteiger partial charge in [-0.05, 0) is 67.3 Å². The molecule has 0 bridgehead atoms. The lowest BCUT2D eigenvalue weighted by molar-refractivity contribution is -0.0503. The van der Waals surface area contributed by atoms with Crippen LogP contribution < -0.4 is 10.1 Å². The zero-order valence-corrected chi connectivity index (χ0v) is 14.6. The number of hydrogen-bond acceptors (Lipinski definition) is 2. The van der Waals surface area contributed by atoms with Crippen LogP contribution >= 0.6 is 11.6 Å². The number of anilines is 1. The molecule has 0 fully saturated rings. The van der Waals surface area contributed by atoms with E-state index in [-0.39, 0.29) is 11.6 Å². The Morgan fingerprint density at radius 1 is 1.29 bits per heavy atom. The third-order valence-corrected chi connectivity index (χ3v) is 3.35. The van der Waals surface area contributed by atoms with Crippen molar-refractivity contribution in [3.8, 4) is 5.75 Å². The third kappa shape index (κ3) is 6.71. The van der Waals surface area contributed by atoms with E-state index in [0.29, 0.717) is 24.1 Å². The maximum absolute atomic E-state index is 13.6. The molecule has 0 heterocycles. The molecule has 0 aliphatic carbocycles. The number of aryl methyl sites for hydroxylation is 2. The lowest BCUT2D eigenvalue weighted by Gasteiger charge is -2.14. The molecule has 132 valence electrons. The van der Waals surface area contributed by atoms with E-state index in [1.807, 2.05) is 6.92 Å². The van der Waals surface area contributed by atoms with Gasteiger partial charge in [0, 0.05) is 17.8 Å². The third-order valence-electron chi connectivity index (χ3n) is 3.22. The summed E-state index contributed by atoms with van der Waals surface area (Å²) in [5, 5.41) is 3.15. The van der Waals surface area contributed by atoms with E-state index in [1.165, 1.54) is 17.7 Å². The Kier molecular flexibility index (Phi) is 8.47. The quantitative estimate of drug-likeness (QED) is 0.553. The van der Waals surface area contributed by atoms with Crippen molar-refractivity contribution in [2.45, 2.75) is 33.8 Å². The van der Waals surface area contributed by atoms with Gasteiger partial charge in [-0.15, -0.1) is 0 Å². The van der Waals surface area contributed by atoms with Gasteiger partial charge in [-0.3, -0.25) is 0 Å². The van der Waals surface area contributed by atoms with E-state index in [9.17, 15) is 13.2 Å². The molecule has 1 aromatic carbocycles. The van der Waals surface area contributed by atoms with Crippen molar-refractivity contribution >= 4 is 17.3 Å². The Bertz CT molecular complexity index is 639. The van der Waals surface area contributed by atoms with Crippen LogP contribution in [-0.2, 0) is 0 Å². The van der Waals surface area contributed by atoms with Gasteiger partial charge in [0.15, 0.2) is 0 Å². The van der Waals surface area contributed by atoms with E-state index in [4.69, 9.17) is 11.6 Å². The summed E-state index contributed by atoms with van der Waals surface area (Å²) in [4.78, 5) is 0. The number of ether oxygens (including phenoxy) is 1. The van der Waals surface area contributed by atoms with E-state index < -0.39 is 6.61 Å². The fourth-order valence-electron chi connectivity index (χ4n) is 2.07. The maximum atomic E-state index is 13.6. The van der Waals surface area contributed by atoms with Crippen LogP contribution in [-0.4, -0.2) is 13.2 Å². The van der Waals surface area contributed by atoms with Crippen LogP contribution in [0, 0.1) is 13.8 Å². The fourth-order valence-corrected chi connectivity index (χ4v) is 2.23. The van der Waals surface area contributed by atoms with Crippen molar-refractivity contribution < 1.29 is 17.9 Å². The Morgan fingerprint density at radius 3 is 2.58 bits per heavy atom. The minimum atomic E-state index is -2.86. The van der Waals surface area contributed by atoms with Crippen molar-refractivity contribution in [3.63, 3.8) is 0 Å². The van der Waals surface area contributed by atoms with Crippen molar-refractivity contribution in [3.05, 3.63) is 58.4 Å². The van der Waals surface area contributed by atoms with Crippen LogP contribution in [0.4, 0.5) is 18.9 Å². The zero-order chi connectivity index (χ0) is 18.1. The van der Waals surface area contributed by atoms with E-state index in [1.54, 1.807) is 32.1 Å². The first kappa shape index (κ1) is 20.2. The van der Waals surface area contributed by atoms with Gasteiger partial charge >= 0.3 is 6.61 Å². The van der Waals surface area contributed by atoms with Gasteiger partial charge < -0.3 is 10.1 Å². The summed E-state index contributed by atoms with van der Waals surface area (Å²) in [5.74, 6) is -0.195. The molecule has 0 unspecified atom stereocenters. The number of alkyl halides is 2. The predicted octanol–water partition coefficient (Wildman–Crippen LogP) is 6.26. The Morgan fingerprint density at radius 2 is 2.00 bits per heavy atom. The van der Waals surface area contributed by atoms with Crippen LogP contribution in [0.3, 0.4) is 0 Å². The molecule has 1 N–H and O–H groups in total. The summed E-state index contributed by atoms with van der Waals surface area (Å²) in [6.45, 7) is 2.78. The summed E-state index contributed by atoms with van der Waals surface area (Å²) < 4.78 is 42.8. The monoisotopic (exact) mass is 359 g/mol. The standard InChI is InChI=1S/C18H21ClF3NO/c1-4-5-15(20)10-14(6-7-19)11-23-16-8-13(3)17(9-12(16)2)24-18(21)22/h5-10,18,23H,4,11H2,1-3H3/b7-6+,14-10+,15-5+. The van der Waals surface area contributed by atoms with E-state index in [2.05, 4.69) is 10.1 Å². The number of rotatable bonds is 8. The highest BCUT2D eigenvalue weighted by atomic mass is 35.5. The molecule has 0 spiro atoms. The molecule has 6 heteroatoms. The summed E-state index contributed by atoms with van der Waals surface area (Å²) in [5.41, 5.74) is 4.04. The van der Waals surface area contributed by atoms with Crippen LogP contribution in [0.2, 0.25) is 0 Å². The van der Waals surface area contributed by atoms with E-state index in [0.717, 1.165) is 11.3 Å². The summed E-state index contributed by atoms with van der Waals surface area (Å²) in [6.07, 6.45) is 5.05. The molecular weight excluding hydrogens is 339 g/mol. The molecule has 0 saturated carbocycles. The van der Waals surface area contributed by atoms with Crippen LogP contribution in [0.5, 0.6) is 5.75 Å². The van der Waals surface area contributed by atoms with Crippen LogP contribution in [0.25, 0.3) is 0 Å². The second-order valence-corrected chi connectivity index (χ2v) is 5.43. The minimum absolute atomic E-state index is 0.140. The van der Waals surface area contributed by atoms with Gasteiger partial charge in [0.1, 0.15) is 11.6 Å². The Labute approximate surface area is 145 Å². The highest BCUT2D eigenvalue weighted by Crippen LogP contribution is 2.27. The van der Waals surface area contributed by atoms with Crippen molar-refractivity contribution in [1.29, 1.82) is 0 Å². The molecule has 2 nitrogen and oxygen atoms in total. The molecule has 1 aromatic rings. The smallest absolute Gasteiger partial charge is 0.387 e. The summed E-state index contributed by atoms with van der Waals surface area (Å²) >= 11 is 5.59. The first-order chi connectivity index (χ1) is 11.4. The number of hydrogen-bond donors (Lipinski definition) is 1. The van der Waals surface area contributed by atoms with Gasteiger partial charge in [-0.25, -0.2) is 4.39 Å². The average Bonchev–Trinajstić information content (AvgIpc) is 2.49.